The standard InChI is InChI=1S/C19H30N8.HI/c1-4-27-11-7-9-17(27)13-22-19(21-12-16-8-5-6-10-20-16)23-14-18-25-24-15(2)26(18)3;/h5-6,8,10,17H,4,7,9,11-14H2,1-3H3,(H2,21,22,23);1H. The highest BCUT2D eigenvalue weighted by Crippen LogP contribution is 2.15. The predicted octanol–water partition coefficient (Wildman–Crippen LogP) is 1.86. The van der Waals surface area contributed by atoms with Gasteiger partial charge in [-0.15, -0.1) is 34.2 Å². The number of aliphatic imine (C=N–C) groups is 1. The van der Waals surface area contributed by atoms with E-state index in [0.717, 1.165) is 36.4 Å². The van der Waals surface area contributed by atoms with Gasteiger partial charge < -0.3 is 15.2 Å². The van der Waals surface area contributed by atoms with E-state index in [1.165, 1.54) is 19.4 Å². The Kier molecular flexibility index (Phi) is 9.10. The first-order valence-corrected chi connectivity index (χ1v) is 9.68. The highest BCUT2D eigenvalue weighted by Gasteiger charge is 2.22. The second kappa shape index (κ2) is 11.3. The lowest BCUT2D eigenvalue weighted by atomic mass is 10.2. The summed E-state index contributed by atoms with van der Waals surface area (Å²) in [6, 6.07) is 6.45. The van der Waals surface area contributed by atoms with Crippen LogP contribution in [-0.2, 0) is 20.1 Å². The molecule has 1 unspecified atom stereocenters. The molecular weight excluding hydrogens is 467 g/mol. The summed E-state index contributed by atoms with van der Waals surface area (Å²) in [6.45, 7) is 8.46. The Bertz CT molecular complexity index is 746. The maximum atomic E-state index is 4.71. The molecule has 3 heterocycles. The Morgan fingerprint density at radius 2 is 2.14 bits per heavy atom. The van der Waals surface area contributed by atoms with E-state index in [9.17, 15) is 0 Å². The summed E-state index contributed by atoms with van der Waals surface area (Å²) in [5.41, 5.74) is 0.948. The van der Waals surface area contributed by atoms with E-state index in [2.05, 4.69) is 37.6 Å². The Balaban J connectivity index is 0.00000280. The van der Waals surface area contributed by atoms with E-state index in [4.69, 9.17) is 4.99 Å². The fourth-order valence-electron chi connectivity index (χ4n) is 3.35. The first-order valence-electron chi connectivity index (χ1n) is 9.68. The van der Waals surface area contributed by atoms with Crippen LogP contribution in [0.4, 0.5) is 0 Å². The summed E-state index contributed by atoms with van der Waals surface area (Å²) < 4.78 is 1.99. The number of halogens is 1. The van der Waals surface area contributed by atoms with Crippen molar-refractivity contribution in [2.45, 2.75) is 45.8 Å². The lowest BCUT2D eigenvalue weighted by molar-refractivity contribution is 0.267. The van der Waals surface area contributed by atoms with E-state index in [0.29, 0.717) is 19.1 Å². The molecule has 1 saturated heterocycles. The van der Waals surface area contributed by atoms with Crippen LogP contribution >= 0.6 is 24.0 Å². The lowest BCUT2D eigenvalue weighted by Gasteiger charge is -2.24. The molecule has 0 radical (unpaired) electrons. The summed E-state index contributed by atoms with van der Waals surface area (Å²) >= 11 is 0. The Labute approximate surface area is 184 Å². The van der Waals surface area contributed by atoms with Gasteiger partial charge in [0.15, 0.2) is 11.8 Å². The van der Waals surface area contributed by atoms with Crippen LogP contribution in [0.3, 0.4) is 0 Å². The number of nitrogens with one attached hydrogen (secondary N) is 2. The largest absolute Gasteiger partial charge is 0.355 e. The average Bonchev–Trinajstić information content (AvgIpc) is 3.29. The van der Waals surface area contributed by atoms with Crippen LogP contribution in [-0.4, -0.2) is 56.3 Å². The number of pyridine rings is 1. The van der Waals surface area contributed by atoms with Crippen molar-refractivity contribution in [3.05, 3.63) is 41.7 Å². The molecule has 2 aromatic heterocycles. The molecule has 2 aromatic rings. The molecule has 154 valence electrons. The molecule has 0 amide bonds. The number of nitrogens with zero attached hydrogens (tertiary/aromatic N) is 6. The number of likely N-dealkylation sites (N-methyl/N-ethyl adjacent to an activating group) is 1. The number of hydrogen-bond donors (Lipinski definition) is 2. The van der Waals surface area contributed by atoms with Gasteiger partial charge in [-0.1, -0.05) is 13.0 Å². The van der Waals surface area contributed by atoms with Crippen molar-refractivity contribution in [1.29, 1.82) is 0 Å². The monoisotopic (exact) mass is 498 g/mol. The van der Waals surface area contributed by atoms with Gasteiger partial charge in [0.2, 0.25) is 0 Å². The number of likely N-dealkylation sites (tertiary alicyclic amines) is 1. The predicted molar refractivity (Wildman–Crippen MR) is 122 cm³/mol. The molecule has 0 aromatic carbocycles. The van der Waals surface area contributed by atoms with Crippen LogP contribution in [0.25, 0.3) is 0 Å². The zero-order valence-electron chi connectivity index (χ0n) is 16.9. The Morgan fingerprint density at radius 1 is 1.29 bits per heavy atom. The zero-order chi connectivity index (χ0) is 19.1. The zero-order valence-corrected chi connectivity index (χ0v) is 19.3. The number of guanidine groups is 1. The van der Waals surface area contributed by atoms with Crippen molar-refractivity contribution in [3.63, 3.8) is 0 Å². The molecule has 0 aliphatic carbocycles. The lowest BCUT2D eigenvalue weighted by Crippen LogP contribution is -2.44. The van der Waals surface area contributed by atoms with Crippen LogP contribution in [0.2, 0.25) is 0 Å². The van der Waals surface area contributed by atoms with Gasteiger partial charge in [0.1, 0.15) is 5.82 Å². The van der Waals surface area contributed by atoms with Crippen molar-refractivity contribution >= 4 is 29.9 Å². The SMILES string of the molecule is CCN1CCCC1CNC(=NCc1ccccn1)NCc1nnc(C)n1C.I. The Morgan fingerprint density at radius 3 is 2.82 bits per heavy atom. The molecule has 8 nitrogen and oxygen atoms in total. The summed E-state index contributed by atoms with van der Waals surface area (Å²) in [5.74, 6) is 2.57. The smallest absolute Gasteiger partial charge is 0.192 e. The van der Waals surface area contributed by atoms with Gasteiger partial charge in [-0.05, 0) is 45.0 Å². The molecule has 2 N–H and O–H groups in total. The fraction of sp³-hybridized carbons (Fsp3) is 0.579. The van der Waals surface area contributed by atoms with Crippen LogP contribution in [0.1, 0.15) is 37.1 Å². The topological polar surface area (TPSA) is 83.3 Å². The number of aromatic nitrogens is 4. The van der Waals surface area contributed by atoms with Gasteiger partial charge in [-0.3, -0.25) is 9.88 Å². The molecule has 0 spiro atoms. The first kappa shape index (κ1) is 22.5. The third-order valence-electron chi connectivity index (χ3n) is 5.13. The molecule has 1 aliphatic rings. The summed E-state index contributed by atoms with van der Waals surface area (Å²) in [4.78, 5) is 11.6. The van der Waals surface area contributed by atoms with Gasteiger partial charge in [-0.2, -0.15) is 0 Å². The minimum atomic E-state index is 0. The number of rotatable bonds is 7. The molecule has 1 fully saturated rings. The molecule has 0 saturated carbocycles. The quantitative estimate of drug-likeness (QED) is 0.345. The highest BCUT2D eigenvalue weighted by molar-refractivity contribution is 14.0. The van der Waals surface area contributed by atoms with Crippen molar-refractivity contribution in [1.82, 2.24) is 35.3 Å². The minimum Gasteiger partial charge on any atom is -0.355 e. The molecular formula is C19H31IN8. The third kappa shape index (κ3) is 6.13. The number of aryl methyl sites for hydroxylation is 1. The summed E-state index contributed by atoms with van der Waals surface area (Å²) in [7, 11) is 1.97. The fourth-order valence-corrected chi connectivity index (χ4v) is 3.35. The van der Waals surface area contributed by atoms with E-state index >= 15 is 0 Å². The maximum absolute atomic E-state index is 4.71. The van der Waals surface area contributed by atoms with Crippen LogP contribution in [0.5, 0.6) is 0 Å². The first-order chi connectivity index (χ1) is 13.2. The Hall–Kier alpha value is -1.75. The van der Waals surface area contributed by atoms with Crippen molar-refractivity contribution in [2.24, 2.45) is 12.0 Å². The molecule has 3 rings (SSSR count). The van der Waals surface area contributed by atoms with Gasteiger partial charge in [0.05, 0.1) is 18.8 Å². The molecule has 0 bridgehead atoms. The molecule has 1 aliphatic heterocycles. The normalized spacial score (nSPS) is 17.4. The summed E-state index contributed by atoms with van der Waals surface area (Å²) in [5, 5.41) is 15.2. The highest BCUT2D eigenvalue weighted by atomic mass is 127. The second-order valence-electron chi connectivity index (χ2n) is 6.87. The van der Waals surface area contributed by atoms with Gasteiger partial charge in [0.25, 0.3) is 0 Å². The van der Waals surface area contributed by atoms with Gasteiger partial charge in [0, 0.05) is 25.8 Å². The van der Waals surface area contributed by atoms with Crippen LogP contribution < -0.4 is 10.6 Å². The summed E-state index contributed by atoms with van der Waals surface area (Å²) in [6.07, 6.45) is 4.30. The van der Waals surface area contributed by atoms with E-state index in [1.807, 2.05) is 36.7 Å². The third-order valence-corrected chi connectivity index (χ3v) is 5.13. The van der Waals surface area contributed by atoms with E-state index in [-0.39, 0.29) is 24.0 Å². The maximum Gasteiger partial charge on any atom is 0.192 e. The van der Waals surface area contributed by atoms with Crippen molar-refractivity contribution in [2.75, 3.05) is 19.6 Å². The van der Waals surface area contributed by atoms with E-state index < -0.39 is 0 Å². The minimum absolute atomic E-state index is 0. The van der Waals surface area contributed by atoms with Crippen molar-refractivity contribution in [3.8, 4) is 0 Å². The molecule has 28 heavy (non-hydrogen) atoms. The van der Waals surface area contributed by atoms with Gasteiger partial charge >= 0.3 is 0 Å². The van der Waals surface area contributed by atoms with Crippen LogP contribution in [0, 0.1) is 6.92 Å². The molecule has 1 atom stereocenters. The van der Waals surface area contributed by atoms with Crippen LogP contribution in [0.15, 0.2) is 29.4 Å². The van der Waals surface area contributed by atoms with Gasteiger partial charge in [-0.25, -0.2) is 4.99 Å². The average molecular weight is 498 g/mol. The number of hydrogen-bond acceptors (Lipinski definition) is 5. The van der Waals surface area contributed by atoms with E-state index in [1.54, 1.807) is 6.20 Å². The second-order valence-corrected chi connectivity index (χ2v) is 6.87. The van der Waals surface area contributed by atoms with Crippen molar-refractivity contribution < 1.29 is 0 Å². The molecule has 9 heteroatoms.